The fourth-order valence-electron chi connectivity index (χ4n) is 4.04. The first-order valence-corrected chi connectivity index (χ1v) is 11.3. The zero-order valence-corrected chi connectivity index (χ0v) is 19.1. The highest BCUT2D eigenvalue weighted by Crippen LogP contribution is 2.29. The minimum Gasteiger partial charge on any atom is -0.481 e. The van der Waals surface area contributed by atoms with Crippen LogP contribution in [0.4, 0.5) is 10.1 Å². The molecule has 1 aromatic heterocycles. The Bertz CT molecular complexity index is 1410. The lowest BCUT2D eigenvalue weighted by Gasteiger charge is -2.22. The SMILES string of the molecule is CC1Oc2ccc(NC(=O)c3cnc4ccccc4n3)cc2CN(CCc2ccc(F)cc2)C1=O. The second-order valence-corrected chi connectivity index (χ2v) is 8.42. The largest absolute Gasteiger partial charge is 0.481 e. The predicted octanol–water partition coefficient (Wildman–Crippen LogP) is 4.37. The van der Waals surface area contributed by atoms with E-state index < -0.39 is 6.10 Å². The minimum atomic E-state index is -0.641. The first-order chi connectivity index (χ1) is 17.0. The molecule has 35 heavy (non-hydrogen) atoms. The molecule has 0 aliphatic carbocycles. The van der Waals surface area contributed by atoms with Crippen molar-refractivity contribution in [3.8, 4) is 5.75 Å². The van der Waals surface area contributed by atoms with Crippen molar-refractivity contribution in [3.05, 3.63) is 95.6 Å². The van der Waals surface area contributed by atoms with Crippen molar-refractivity contribution in [1.29, 1.82) is 0 Å². The van der Waals surface area contributed by atoms with Crippen molar-refractivity contribution >= 4 is 28.5 Å². The van der Waals surface area contributed by atoms with E-state index in [2.05, 4.69) is 15.3 Å². The number of fused-ring (bicyclic) bond motifs is 2. The van der Waals surface area contributed by atoms with Crippen LogP contribution >= 0.6 is 0 Å². The molecule has 0 spiro atoms. The molecule has 3 aromatic carbocycles. The van der Waals surface area contributed by atoms with Gasteiger partial charge in [0.1, 0.15) is 17.3 Å². The van der Waals surface area contributed by atoms with Gasteiger partial charge in [-0.1, -0.05) is 24.3 Å². The predicted molar refractivity (Wildman–Crippen MR) is 130 cm³/mol. The van der Waals surface area contributed by atoms with Gasteiger partial charge in [0.05, 0.1) is 17.2 Å². The van der Waals surface area contributed by atoms with Gasteiger partial charge in [-0.15, -0.1) is 0 Å². The van der Waals surface area contributed by atoms with Gasteiger partial charge in [0, 0.05) is 24.3 Å². The fraction of sp³-hybridized carbons (Fsp3) is 0.185. The molecule has 1 unspecified atom stereocenters. The maximum Gasteiger partial charge on any atom is 0.275 e. The van der Waals surface area contributed by atoms with Gasteiger partial charge in [0.25, 0.3) is 11.8 Å². The monoisotopic (exact) mass is 470 g/mol. The van der Waals surface area contributed by atoms with Gasteiger partial charge in [-0.25, -0.2) is 9.37 Å². The molecule has 4 aromatic rings. The van der Waals surface area contributed by atoms with Crippen LogP contribution in [0.2, 0.25) is 0 Å². The highest BCUT2D eigenvalue weighted by Gasteiger charge is 2.28. The number of hydrogen-bond donors (Lipinski definition) is 1. The number of nitrogens with one attached hydrogen (secondary N) is 1. The van der Waals surface area contributed by atoms with Gasteiger partial charge >= 0.3 is 0 Å². The van der Waals surface area contributed by atoms with E-state index in [0.717, 1.165) is 11.1 Å². The molecule has 1 aliphatic rings. The third kappa shape index (κ3) is 4.96. The second kappa shape index (κ2) is 9.50. The summed E-state index contributed by atoms with van der Waals surface area (Å²) in [4.78, 5) is 36.1. The maximum atomic E-state index is 13.2. The molecule has 2 heterocycles. The van der Waals surface area contributed by atoms with Gasteiger partial charge in [-0.3, -0.25) is 14.6 Å². The lowest BCUT2D eigenvalue weighted by atomic mass is 10.1. The first-order valence-electron chi connectivity index (χ1n) is 11.3. The summed E-state index contributed by atoms with van der Waals surface area (Å²) in [5.74, 6) is -0.200. The molecule has 0 radical (unpaired) electrons. The number of benzene rings is 3. The highest BCUT2D eigenvalue weighted by atomic mass is 19.1. The van der Waals surface area contributed by atoms with E-state index >= 15 is 0 Å². The van der Waals surface area contributed by atoms with Gasteiger partial charge in [-0.2, -0.15) is 0 Å². The molecule has 0 bridgehead atoms. The van der Waals surface area contributed by atoms with E-state index in [4.69, 9.17) is 4.74 Å². The Balaban J connectivity index is 1.33. The Hall–Kier alpha value is -4.33. The van der Waals surface area contributed by atoms with Crippen molar-refractivity contribution in [2.24, 2.45) is 0 Å². The average Bonchev–Trinajstić information content (AvgIpc) is 2.99. The molecule has 1 aliphatic heterocycles. The highest BCUT2D eigenvalue weighted by molar-refractivity contribution is 6.03. The summed E-state index contributed by atoms with van der Waals surface area (Å²) in [6.07, 6.45) is 1.39. The number of halogens is 1. The summed E-state index contributed by atoms with van der Waals surface area (Å²) < 4.78 is 19.1. The number of nitrogens with zero attached hydrogens (tertiary/aromatic N) is 3. The Morgan fingerprint density at radius 1 is 1.11 bits per heavy atom. The molecule has 1 atom stereocenters. The summed E-state index contributed by atoms with van der Waals surface area (Å²) >= 11 is 0. The second-order valence-electron chi connectivity index (χ2n) is 8.42. The van der Waals surface area contributed by atoms with Crippen molar-refractivity contribution in [3.63, 3.8) is 0 Å². The quantitative estimate of drug-likeness (QED) is 0.468. The number of para-hydroxylation sites is 2. The zero-order chi connectivity index (χ0) is 24.4. The molecule has 176 valence electrons. The van der Waals surface area contributed by atoms with Crippen LogP contribution in [0.3, 0.4) is 0 Å². The van der Waals surface area contributed by atoms with Crippen LogP contribution in [0, 0.1) is 5.82 Å². The van der Waals surface area contributed by atoms with E-state index in [-0.39, 0.29) is 23.3 Å². The van der Waals surface area contributed by atoms with Crippen LogP contribution in [0.1, 0.15) is 28.5 Å². The molecular formula is C27H23FN4O3. The summed E-state index contributed by atoms with van der Waals surface area (Å²) in [6, 6.07) is 18.9. The molecule has 2 amide bonds. The molecule has 5 rings (SSSR count). The van der Waals surface area contributed by atoms with Crippen LogP contribution in [0.15, 0.2) is 72.9 Å². The summed E-state index contributed by atoms with van der Waals surface area (Å²) in [7, 11) is 0. The Labute approximate surface area is 201 Å². The molecule has 0 fully saturated rings. The number of ether oxygens (including phenoxy) is 1. The third-order valence-corrected chi connectivity index (χ3v) is 5.91. The van der Waals surface area contributed by atoms with Crippen LogP contribution < -0.4 is 10.1 Å². The average molecular weight is 471 g/mol. The van der Waals surface area contributed by atoms with E-state index in [0.29, 0.717) is 42.0 Å². The lowest BCUT2D eigenvalue weighted by Crippen LogP contribution is -2.39. The Kier molecular flexibility index (Phi) is 6.10. The van der Waals surface area contributed by atoms with Gasteiger partial charge in [-0.05, 0) is 61.4 Å². The number of carbonyl (C=O) groups excluding carboxylic acids is 2. The number of hydrogen-bond acceptors (Lipinski definition) is 5. The van der Waals surface area contributed by atoms with Gasteiger partial charge in [0.2, 0.25) is 0 Å². The summed E-state index contributed by atoms with van der Waals surface area (Å²) in [5, 5.41) is 2.86. The normalized spacial score (nSPS) is 15.3. The molecule has 1 N–H and O–H groups in total. The van der Waals surface area contributed by atoms with Crippen LogP contribution in [0.25, 0.3) is 11.0 Å². The fourth-order valence-corrected chi connectivity index (χ4v) is 4.04. The van der Waals surface area contributed by atoms with E-state index in [9.17, 15) is 14.0 Å². The molecule has 0 saturated heterocycles. The lowest BCUT2D eigenvalue weighted by molar-refractivity contribution is -0.137. The Morgan fingerprint density at radius 3 is 2.69 bits per heavy atom. The topological polar surface area (TPSA) is 84.4 Å². The van der Waals surface area contributed by atoms with E-state index in [1.807, 2.05) is 18.2 Å². The third-order valence-electron chi connectivity index (χ3n) is 5.91. The zero-order valence-electron chi connectivity index (χ0n) is 19.1. The molecule has 8 heteroatoms. The number of amides is 2. The standard InChI is InChI=1S/C27H23FN4O3/c1-17-27(34)32(13-12-18-6-8-20(28)9-7-18)16-19-14-21(10-11-25(19)35-17)30-26(33)24-15-29-22-4-2-3-5-23(22)31-24/h2-11,14-15,17H,12-13,16H2,1H3,(H,30,33). The van der Waals surface area contributed by atoms with Crippen molar-refractivity contribution < 1.29 is 18.7 Å². The first kappa shape index (κ1) is 22.5. The van der Waals surface area contributed by atoms with Gasteiger partial charge in [0.15, 0.2) is 6.10 Å². The van der Waals surface area contributed by atoms with Gasteiger partial charge < -0.3 is 15.0 Å². The number of aromatic nitrogens is 2. The smallest absolute Gasteiger partial charge is 0.275 e. The maximum absolute atomic E-state index is 13.2. The Morgan fingerprint density at radius 2 is 1.89 bits per heavy atom. The number of anilines is 1. The molecule has 7 nitrogen and oxygen atoms in total. The van der Waals surface area contributed by atoms with E-state index in [1.54, 1.807) is 48.2 Å². The summed E-state index contributed by atoms with van der Waals surface area (Å²) in [6.45, 7) is 2.51. The van der Waals surface area contributed by atoms with Crippen molar-refractivity contribution in [1.82, 2.24) is 14.9 Å². The van der Waals surface area contributed by atoms with E-state index in [1.165, 1.54) is 18.3 Å². The molecule has 0 saturated carbocycles. The number of rotatable bonds is 5. The van der Waals surface area contributed by atoms with Crippen LogP contribution in [-0.4, -0.2) is 39.3 Å². The van der Waals surface area contributed by atoms with Crippen LogP contribution in [-0.2, 0) is 17.8 Å². The minimum absolute atomic E-state index is 0.125. The summed E-state index contributed by atoms with van der Waals surface area (Å²) in [5.41, 5.74) is 3.84. The van der Waals surface area contributed by atoms with Crippen molar-refractivity contribution in [2.75, 3.05) is 11.9 Å². The van der Waals surface area contributed by atoms with Crippen molar-refractivity contribution in [2.45, 2.75) is 26.0 Å². The number of carbonyl (C=O) groups is 2. The van der Waals surface area contributed by atoms with Crippen LogP contribution in [0.5, 0.6) is 5.75 Å². The molecular weight excluding hydrogens is 447 g/mol.